The van der Waals surface area contributed by atoms with Crippen molar-refractivity contribution < 1.29 is 9.59 Å². The van der Waals surface area contributed by atoms with Gasteiger partial charge in [0.15, 0.2) is 0 Å². The van der Waals surface area contributed by atoms with Crippen molar-refractivity contribution in [3.63, 3.8) is 0 Å². The molecule has 0 fully saturated rings. The summed E-state index contributed by atoms with van der Waals surface area (Å²) in [6.45, 7) is 1.95. The topological polar surface area (TPSA) is 49.4 Å². The summed E-state index contributed by atoms with van der Waals surface area (Å²) in [4.78, 5) is 24.1. The molecule has 2 rings (SSSR count). The Kier molecular flexibility index (Phi) is 2.64. The summed E-state index contributed by atoms with van der Waals surface area (Å²) in [5, 5.41) is 2.78. The molecule has 0 radical (unpaired) electrons. The van der Waals surface area contributed by atoms with E-state index in [0.29, 0.717) is 13.0 Å². The molecule has 0 aliphatic carbocycles. The molecule has 1 aromatic rings. The summed E-state index contributed by atoms with van der Waals surface area (Å²) in [5.41, 5.74) is 2.84. The fourth-order valence-electron chi connectivity index (χ4n) is 1.88. The number of carbonyl (C=O) groups excluding carboxylic acids is 2. The third-order valence-corrected chi connectivity index (χ3v) is 2.61. The minimum atomic E-state index is 0.0290. The van der Waals surface area contributed by atoms with Gasteiger partial charge in [-0.15, -0.1) is 0 Å². The number of ketones is 1. The molecule has 1 heterocycles. The van der Waals surface area contributed by atoms with Crippen molar-refractivity contribution in [1.29, 1.82) is 0 Å². The number of hydrogen-bond acceptors (Lipinski definition) is 3. The maximum Gasteiger partial charge on any atom is 0.228 e. The number of Topliss-reactive ketones (excluding diaryl/α,β-unsaturated/α-hetero) is 1. The van der Waals surface area contributed by atoms with Crippen molar-refractivity contribution in [2.45, 2.75) is 13.3 Å². The fraction of sp³-hybridized carbons (Fsp3) is 0.333. The summed E-state index contributed by atoms with van der Waals surface area (Å²) in [5.74, 6) is 0.151. The average molecular weight is 218 g/mol. The zero-order valence-electron chi connectivity index (χ0n) is 9.41. The molecule has 0 unspecified atom stereocenters. The smallest absolute Gasteiger partial charge is 0.228 e. The van der Waals surface area contributed by atoms with Gasteiger partial charge in [-0.25, -0.2) is 0 Å². The van der Waals surface area contributed by atoms with E-state index in [4.69, 9.17) is 0 Å². The van der Waals surface area contributed by atoms with Crippen LogP contribution < -0.4 is 10.2 Å². The maximum absolute atomic E-state index is 11.2. The Morgan fingerprint density at radius 1 is 1.50 bits per heavy atom. The molecule has 0 aromatic heterocycles. The molecule has 0 saturated heterocycles. The van der Waals surface area contributed by atoms with Gasteiger partial charge in [0.25, 0.3) is 0 Å². The van der Waals surface area contributed by atoms with E-state index in [2.05, 4.69) is 5.32 Å². The van der Waals surface area contributed by atoms with Crippen LogP contribution in [0.5, 0.6) is 0 Å². The summed E-state index contributed by atoms with van der Waals surface area (Å²) in [6, 6.07) is 5.75. The molecule has 0 bridgehead atoms. The molecular weight excluding hydrogens is 204 g/mol. The van der Waals surface area contributed by atoms with Gasteiger partial charge in [0, 0.05) is 18.4 Å². The van der Waals surface area contributed by atoms with Gasteiger partial charge in [-0.3, -0.25) is 9.59 Å². The van der Waals surface area contributed by atoms with E-state index in [9.17, 15) is 9.59 Å². The summed E-state index contributed by atoms with van der Waals surface area (Å²) >= 11 is 0. The Morgan fingerprint density at radius 2 is 2.25 bits per heavy atom. The summed E-state index contributed by atoms with van der Waals surface area (Å²) in [6.07, 6.45) is 0.428. The quantitative estimate of drug-likeness (QED) is 0.829. The number of amides is 1. The van der Waals surface area contributed by atoms with Crippen LogP contribution in [-0.2, 0) is 16.0 Å². The van der Waals surface area contributed by atoms with E-state index in [-0.39, 0.29) is 11.7 Å². The van der Waals surface area contributed by atoms with Crippen LogP contribution in [0.3, 0.4) is 0 Å². The van der Waals surface area contributed by atoms with Crippen LogP contribution in [0.2, 0.25) is 0 Å². The van der Waals surface area contributed by atoms with E-state index in [0.717, 1.165) is 16.9 Å². The van der Waals surface area contributed by atoms with Crippen LogP contribution in [0.4, 0.5) is 11.4 Å². The molecular formula is C12H14N2O2. The number of benzene rings is 1. The highest BCUT2D eigenvalue weighted by molar-refractivity contribution is 5.99. The molecule has 1 N–H and O–H groups in total. The predicted molar refractivity (Wildman–Crippen MR) is 62.7 cm³/mol. The first-order valence-corrected chi connectivity index (χ1v) is 5.19. The van der Waals surface area contributed by atoms with Gasteiger partial charge >= 0.3 is 0 Å². The second-order valence-corrected chi connectivity index (χ2v) is 4.12. The minimum Gasteiger partial charge on any atom is -0.367 e. The lowest BCUT2D eigenvalue weighted by Gasteiger charge is -2.18. The van der Waals surface area contributed by atoms with E-state index < -0.39 is 0 Å². The highest BCUT2D eigenvalue weighted by atomic mass is 16.1. The van der Waals surface area contributed by atoms with E-state index in [1.165, 1.54) is 0 Å². The van der Waals surface area contributed by atoms with Gasteiger partial charge in [0.1, 0.15) is 5.78 Å². The number of rotatable bonds is 3. The molecule has 0 spiro atoms. The van der Waals surface area contributed by atoms with Crippen molar-refractivity contribution in [3.8, 4) is 0 Å². The van der Waals surface area contributed by atoms with Crippen LogP contribution >= 0.6 is 0 Å². The Labute approximate surface area is 94.2 Å². The zero-order valence-corrected chi connectivity index (χ0v) is 9.41. The first kappa shape index (κ1) is 10.7. The Hall–Kier alpha value is -1.84. The third-order valence-electron chi connectivity index (χ3n) is 2.61. The molecule has 1 aliphatic heterocycles. The third kappa shape index (κ3) is 2.05. The molecule has 84 valence electrons. The lowest BCUT2D eigenvalue weighted by molar-refractivity contribution is -0.116. The molecule has 0 atom stereocenters. The number of nitrogens with zero attached hydrogens (tertiary/aromatic N) is 1. The van der Waals surface area contributed by atoms with Crippen molar-refractivity contribution >= 4 is 23.1 Å². The van der Waals surface area contributed by atoms with Crippen molar-refractivity contribution in [2.75, 3.05) is 23.8 Å². The Balaban J connectivity index is 2.22. The van der Waals surface area contributed by atoms with Gasteiger partial charge in [-0.1, -0.05) is 0 Å². The molecule has 1 amide bonds. The number of nitrogens with one attached hydrogen (secondary N) is 1. The molecule has 1 aromatic carbocycles. The summed E-state index contributed by atoms with van der Waals surface area (Å²) < 4.78 is 0. The SMILES string of the molecule is CC(=O)CN(C)c1ccc2c(c1)CC(=O)N2. The van der Waals surface area contributed by atoms with Crippen molar-refractivity contribution in [1.82, 2.24) is 0 Å². The molecule has 1 aliphatic rings. The molecule has 4 nitrogen and oxygen atoms in total. The van der Waals surface area contributed by atoms with Gasteiger partial charge in [-0.05, 0) is 30.7 Å². The molecule has 16 heavy (non-hydrogen) atoms. The number of hydrogen-bond donors (Lipinski definition) is 1. The van der Waals surface area contributed by atoms with Crippen LogP contribution in [0.15, 0.2) is 18.2 Å². The number of likely N-dealkylation sites (N-methyl/N-ethyl adjacent to an activating group) is 1. The van der Waals surface area contributed by atoms with Gasteiger partial charge < -0.3 is 10.2 Å². The standard InChI is InChI=1S/C12H14N2O2/c1-8(15)7-14(2)10-3-4-11-9(5-10)6-12(16)13-11/h3-5H,6-7H2,1-2H3,(H,13,16). The van der Waals surface area contributed by atoms with Crippen LogP contribution in [-0.4, -0.2) is 25.3 Å². The van der Waals surface area contributed by atoms with E-state index in [1.54, 1.807) is 6.92 Å². The lowest BCUT2D eigenvalue weighted by Crippen LogP contribution is -2.23. The first-order valence-electron chi connectivity index (χ1n) is 5.19. The number of carbonyl (C=O) groups is 2. The van der Waals surface area contributed by atoms with Crippen LogP contribution in [0, 0.1) is 0 Å². The second-order valence-electron chi connectivity index (χ2n) is 4.12. The largest absolute Gasteiger partial charge is 0.367 e. The van der Waals surface area contributed by atoms with Crippen molar-refractivity contribution in [2.24, 2.45) is 0 Å². The van der Waals surface area contributed by atoms with Crippen LogP contribution in [0.25, 0.3) is 0 Å². The second kappa shape index (κ2) is 3.96. The lowest BCUT2D eigenvalue weighted by atomic mass is 10.1. The van der Waals surface area contributed by atoms with Gasteiger partial charge in [-0.2, -0.15) is 0 Å². The first-order chi connectivity index (χ1) is 7.56. The van der Waals surface area contributed by atoms with Crippen molar-refractivity contribution in [3.05, 3.63) is 23.8 Å². The zero-order chi connectivity index (χ0) is 11.7. The number of anilines is 2. The Morgan fingerprint density at radius 3 is 2.94 bits per heavy atom. The number of fused-ring (bicyclic) bond motifs is 1. The van der Waals surface area contributed by atoms with Gasteiger partial charge in [0.2, 0.25) is 5.91 Å². The predicted octanol–water partition coefficient (Wildman–Crippen LogP) is 1.21. The fourth-order valence-corrected chi connectivity index (χ4v) is 1.88. The highest BCUT2D eigenvalue weighted by Crippen LogP contribution is 2.27. The maximum atomic E-state index is 11.2. The Bertz CT molecular complexity index is 454. The molecule has 4 heteroatoms. The average Bonchev–Trinajstić information content (AvgIpc) is 2.55. The summed E-state index contributed by atoms with van der Waals surface area (Å²) in [7, 11) is 1.87. The van der Waals surface area contributed by atoms with E-state index >= 15 is 0 Å². The highest BCUT2D eigenvalue weighted by Gasteiger charge is 2.18. The molecule has 0 saturated carbocycles. The monoisotopic (exact) mass is 218 g/mol. The van der Waals surface area contributed by atoms with Crippen LogP contribution in [0.1, 0.15) is 12.5 Å². The van der Waals surface area contributed by atoms with E-state index in [1.807, 2.05) is 30.1 Å². The van der Waals surface area contributed by atoms with Gasteiger partial charge in [0.05, 0.1) is 13.0 Å². The minimum absolute atomic E-state index is 0.0290. The normalized spacial score (nSPS) is 13.2.